The largest absolute Gasteiger partial charge is 0.354 e. The van der Waals surface area contributed by atoms with Gasteiger partial charge in [0.05, 0.1) is 10.9 Å². The fraction of sp³-hybridized carbons (Fsp3) is 0.294. The second kappa shape index (κ2) is 7.16. The van der Waals surface area contributed by atoms with E-state index >= 15 is 0 Å². The second-order valence-electron chi connectivity index (χ2n) is 6.00. The number of carbonyl (C=O) groups excluding carboxylic acids is 1. The number of H-pyrrole nitrogens is 1. The SMILES string of the molecule is C[C@@H](CNC(=O)Cn1c(=O)[nH]c2ccccc2c1=O)Cn1cccn1. The van der Waals surface area contributed by atoms with E-state index in [1.165, 1.54) is 0 Å². The maximum Gasteiger partial charge on any atom is 0.329 e. The molecule has 1 atom stereocenters. The van der Waals surface area contributed by atoms with E-state index in [4.69, 9.17) is 0 Å². The highest BCUT2D eigenvalue weighted by Crippen LogP contribution is 2.03. The summed E-state index contributed by atoms with van der Waals surface area (Å²) in [5.41, 5.74) is -0.607. The van der Waals surface area contributed by atoms with Gasteiger partial charge in [-0.1, -0.05) is 19.1 Å². The highest BCUT2D eigenvalue weighted by atomic mass is 16.2. The smallest absolute Gasteiger partial charge is 0.329 e. The normalized spacial score (nSPS) is 12.2. The number of amides is 1. The van der Waals surface area contributed by atoms with Gasteiger partial charge >= 0.3 is 5.69 Å². The van der Waals surface area contributed by atoms with E-state index in [0.717, 1.165) is 4.57 Å². The maximum atomic E-state index is 12.4. The van der Waals surface area contributed by atoms with Gasteiger partial charge in [0.2, 0.25) is 5.91 Å². The number of carbonyl (C=O) groups is 1. The molecule has 2 aromatic heterocycles. The highest BCUT2D eigenvalue weighted by molar-refractivity contribution is 5.78. The summed E-state index contributed by atoms with van der Waals surface area (Å²) < 4.78 is 2.70. The zero-order chi connectivity index (χ0) is 17.8. The van der Waals surface area contributed by atoms with Crippen molar-refractivity contribution in [1.29, 1.82) is 0 Å². The van der Waals surface area contributed by atoms with E-state index in [-0.39, 0.29) is 18.4 Å². The Morgan fingerprint density at radius 2 is 2.08 bits per heavy atom. The van der Waals surface area contributed by atoms with Crippen molar-refractivity contribution in [3.63, 3.8) is 0 Å². The van der Waals surface area contributed by atoms with Gasteiger partial charge in [0.15, 0.2) is 0 Å². The van der Waals surface area contributed by atoms with Crippen molar-refractivity contribution in [3.05, 3.63) is 63.6 Å². The average Bonchev–Trinajstić information content (AvgIpc) is 3.10. The van der Waals surface area contributed by atoms with Gasteiger partial charge in [-0.15, -0.1) is 0 Å². The zero-order valence-corrected chi connectivity index (χ0v) is 13.8. The molecule has 3 aromatic rings. The number of rotatable bonds is 6. The van der Waals surface area contributed by atoms with Gasteiger partial charge in [0.1, 0.15) is 6.54 Å². The molecule has 130 valence electrons. The number of benzene rings is 1. The highest BCUT2D eigenvalue weighted by Gasteiger charge is 2.12. The summed E-state index contributed by atoms with van der Waals surface area (Å²) in [6.45, 7) is 2.77. The third-order valence-corrected chi connectivity index (χ3v) is 3.90. The van der Waals surface area contributed by atoms with E-state index in [9.17, 15) is 14.4 Å². The standard InChI is InChI=1S/C17H19N5O3/c1-12(10-21-8-4-7-19-21)9-18-15(23)11-22-16(24)13-5-2-3-6-14(13)20-17(22)25/h2-8,12H,9-11H2,1H3,(H,18,23)(H,20,25)/t12-/m0/s1. The van der Waals surface area contributed by atoms with Crippen molar-refractivity contribution in [3.8, 4) is 0 Å². The Morgan fingerprint density at radius 3 is 2.84 bits per heavy atom. The Balaban J connectivity index is 1.66. The van der Waals surface area contributed by atoms with E-state index < -0.39 is 11.2 Å². The molecule has 0 aliphatic carbocycles. The van der Waals surface area contributed by atoms with Gasteiger partial charge in [0.25, 0.3) is 5.56 Å². The molecule has 2 heterocycles. The molecule has 1 aromatic carbocycles. The van der Waals surface area contributed by atoms with Crippen LogP contribution in [0.4, 0.5) is 0 Å². The first-order valence-corrected chi connectivity index (χ1v) is 8.00. The molecule has 0 spiro atoms. The van der Waals surface area contributed by atoms with Crippen LogP contribution < -0.4 is 16.6 Å². The van der Waals surface area contributed by atoms with Crippen molar-refractivity contribution in [2.75, 3.05) is 6.54 Å². The summed E-state index contributed by atoms with van der Waals surface area (Å²) in [6.07, 6.45) is 3.55. The van der Waals surface area contributed by atoms with Crippen LogP contribution in [0.25, 0.3) is 10.9 Å². The maximum absolute atomic E-state index is 12.4. The van der Waals surface area contributed by atoms with Crippen molar-refractivity contribution in [2.45, 2.75) is 20.0 Å². The second-order valence-corrected chi connectivity index (χ2v) is 6.00. The molecule has 3 rings (SSSR count). The van der Waals surface area contributed by atoms with Crippen LogP contribution in [0, 0.1) is 5.92 Å². The first kappa shape index (κ1) is 16.7. The van der Waals surface area contributed by atoms with Gasteiger partial charge in [-0.05, 0) is 24.1 Å². The summed E-state index contributed by atoms with van der Waals surface area (Å²) in [5, 5.41) is 7.25. The molecule has 25 heavy (non-hydrogen) atoms. The van der Waals surface area contributed by atoms with Crippen LogP contribution in [-0.2, 0) is 17.9 Å². The van der Waals surface area contributed by atoms with E-state index in [2.05, 4.69) is 15.4 Å². The summed E-state index contributed by atoms with van der Waals surface area (Å²) in [5.74, 6) is -0.217. The Hall–Kier alpha value is -3.16. The summed E-state index contributed by atoms with van der Waals surface area (Å²) in [6, 6.07) is 8.55. The molecule has 2 N–H and O–H groups in total. The molecular weight excluding hydrogens is 322 g/mol. The predicted octanol–water partition coefficient (Wildman–Crippen LogP) is 0.339. The number of nitrogens with zero attached hydrogens (tertiary/aromatic N) is 3. The monoisotopic (exact) mass is 341 g/mol. The number of para-hydroxylation sites is 1. The van der Waals surface area contributed by atoms with Gasteiger partial charge in [-0.25, -0.2) is 4.79 Å². The number of aromatic amines is 1. The van der Waals surface area contributed by atoms with Crippen LogP contribution in [0.5, 0.6) is 0 Å². The van der Waals surface area contributed by atoms with Gasteiger partial charge < -0.3 is 10.3 Å². The Labute approximate surface area is 143 Å². The van der Waals surface area contributed by atoms with E-state index in [1.54, 1.807) is 35.1 Å². The number of nitrogens with one attached hydrogen (secondary N) is 2. The van der Waals surface area contributed by atoms with Crippen molar-refractivity contribution >= 4 is 16.8 Å². The molecule has 0 aliphatic rings. The molecule has 1 amide bonds. The predicted molar refractivity (Wildman–Crippen MR) is 93.2 cm³/mol. The molecule has 0 bridgehead atoms. The zero-order valence-electron chi connectivity index (χ0n) is 13.8. The van der Waals surface area contributed by atoms with Crippen molar-refractivity contribution in [1.82, 2.24) is 24.6 Å². The van der Waals surface area contributed by atoms with Crippen LogP contribution in [0.3, 0.4) is 0 Å². The molecule has 0 aliphatic heterocycles. The molecule has 0 unspecified atom stereocenters. The van der Waals surface area contributed by atoms with E-state index in [0.29, 0.717) is 24.0 Å². The lowest BCUT2D eigenvalue weighted by molar-refractivity contribution is -0.121. The molecular formula is C17H19N5O3. The lowest BCUT2D eigenvalue weighted by Crippen LogP contribution is -2.41. The van der Waals surface area contributed by atoms with Gasteiger partial charge in [-0.2, -0.15) is 5.10 Å². The van der Waals surface area contributed by atoms with Gasteiger partial charge in [-0.3, -0.25) is 18.8 Å². The van der Waals surface area contributed by atoms with Crippen LogP contribution in [0.1, 0.15) is 6.92 Å². The Bertz CT molecular complexity index is 987. The summed E-state index contributed by atoms with van der Waals surface area (Å²) >= 11 is 0. The van der Waals surface area contributed by atoms with Crippen molar-refractivity contribution < 1.29 is 4.79 Å². The lowest BCUT2D eigenvalue weighted by Gasteiger charge is -2.13. The lowest BCUT2D eigenvalue weighted by atomic mass is 10.2. The topological polar surface area (TPSA) is 102 Å². The Kier molecular flexibility index (Phi) is 4.78. The fourth-order valence-electron chi connectivity index (χ4n) is 2.62. The summed E-state index contributed by atoms with van der Waals surface area (Å²) in [4.78, 5) is 39.2. The number of fused-ring (bicyclic) bond motifs is 1. The first-order chi connectivity index (χ1) is 12.0. The van der Waals surface area contributed by atoms with Crippen LogP contribution >= 0.6 is 0 Å². The minimum Gasteiger partial charge on any atom is -0.354 e. The molecule has 0 saturated heterocycles. The Morgan fingerprint density at radius 1 is 1.28 bits per heavy atom. The third-order valence-electron chi connectivity index (χ3n) is 3.90. The average molecular weight is 341 g/mol. The van der Waals surface area contributed by atoms with Crippen LogP contribution in [0.15, 0.2) is 52.3 Å². The first-order valence-electron chi connectivity index (χ1n) is 8.00. The molecule has 0 saturated carbocycles. The number of aromatic nitrogens is 4. The summed E-state index contributed by atoms with van der Waals surface area (Å²) in [7, 11) is 0. The number of hydrogen-bond donors (Lipinski definition) is 2. The van der Waals surface area contributed by atoms with Crippen LogP contribution in [-0.4, -0.2) is 31.8 Å². The number of hydrogen-bond acceptors (Lipinski definition) is 4. The fourth-order valence-corrected chi connectivity index (χ4v) is 2.62. The molecule has 8 nitrogen and oxygen atoms in total. The van der Waals surface area contributed by atoms with Crippen LogP contribution in [0.2, 0.25) is 0 Å². The molecule has 0 fully saturated rings. The minimum atomic E-state index is -0.594. The molecule has 8 heteroatoms. The minimum absolute atomic E-state index is 0.162. The quantitative estimate of drug-likeness (QED) is 0.675. The third kappa shape index (κ3) is 3.85. The van der Waals surface area contributed by atoms with E-state index in [1.807, 2.05) is 19.2 Å². The van der Waals surface area contributed by atoms with Gasteiger partial charge in [0, 0.05) is 25.5 Å². The molecule has 0 radical (unpaired) electrons. The van der Waals surface area contributed by atoms with Crippen molar-refractivity contribution in [2.24, 2.45) is 5.92 Å².